The zero-order valence-electron chi connectivity index (χ0n) is 28.2. The molecule has 254 valence electrons. The van der Waals surface area contributed by atoms with E-state index in [4.69, 9.17) is 9.47 Å². The van der Waals surface area contributed by atoms with Crippen LogP contribution in [0.15, 0.2) is 60.3 Å². The molecule has 0 unspecified atom stereocenters. The Bertz CT molecular complexity index is 1200. The second-order valence-electron chi connectivity index (χ2n) is 13.7. The topological polar surface area (TPSA) is 112 Å². The maximum absolute atomic E-state index is 13.4. The van der Waals surface area contributed by atoms with Gasteiger partial charge in [0.05, 0.1) is 12.5 Å². The van der Waals surface area contributed by atoms with Crippen LogP contribution in [-0.2, 0) is 14.3 Å². The van der Waals surface area contributed by atoms with Crippen molar-refractivity contribution < 1.29 is 29.3 Å². The van der Waals surface area contributed by atoms with Crippen molar-refractivity contribution in [3.63, 3.8) is 0 Å². The Kier molecular flexibility index (Phi) is 13.4. The molecule has 1 aromatic heterocycles. The average molecular weight is 638 g/mol. The quantitative estimate of drug-likeness (QED) is 0.224. The predicted molar refractivity (Wildman–Crippen MR) is 179 cm³/mol. The van der Waals surface area contributed by atoms with E-state index in [-0.39, 0.29) is 31.1 Å². The lowest BCUT2D eigenvalue weighted by Crippen LogP contribution is -2.49. The van der Waals surface area contributed by atoms with Crippen LogP contribution in [0.5, 0.6) is 0 Å². The van der Waals surface area contributed by atoms with Gasteiger partial charge in [-0.3, -0.25) is 9.78 Å². The lowest BCUT2D eigenvalue weighted by molar-refractivity contribution is -0.151. The van der Waals surface area contributed by atoms with Gasteiger partial charge in [-0.15, -0.1) is 0 Å². The number of esters is 1. The summed E-state index contributed by atoms with van der Waals surface area (Å²) in [6, 6.07) is 6.33. The molecule has 1 amide bonds. The molecule has 0 spiro atoms. The molecule has 4 rings (SSSR count). The van der Waals surface area contributed by atoms with Crippen LogP contribution in [0.2, 0.25) is 0 Å². The second-order valence-corrected chi connectivity index (χ2v) is 13.7. The number of aliphatic hydroxyl groups is 2. The number of carbonyl (C=O) groups excluding carboxylic acids is 2. The first-order chi connectivity index (χ1) is 22.0. The van der Waals surface area contributed by atoms with E-state index >= 15 is 0 Å². The Labute approximate surface area is 275 Å². The summed E-state index contributed by atoms with van der Waals surface area (Å²) < 4.78 is 11.9. The van der Waals surface area contributed by atoms with Gasteiger partial charge in [0.15, 0.2) is 6.10 Å². The SMILES string of the molecule is C/C(=C\C=C\[C@@H](C)c1ccccn1)[C@H]1OC(=O)C[C@H](O)CC[C@@](C)(O)[C@@H](OC(=O)N2CCC(N3CCCCCC3)CC2)/C=C/[C@@H]1C. The van der Waals surface area contributed by atoms with E-state index in [1.54, 1.807) is 24.1 Å². The number of allylic oxidation sites excluding steroid dienone is 3. The van der Waals surface area contributed by atoms with Gasteiger partial charge in [-0.2, -0.15) is 0 Å². The fraction of sp³-hybridized carbons (Fsp3) is 0.649. The standard InChI is InChI=1S/C37H55N3O6/c1-27(32-14-7-8-21-38-32)12-11-13-28(2)35-29(3)15-16-33(37(4,44)20-17-31(41)26-34(42)46-35)45-36(43)40-24-18-30(19-25-40)39-22-9-5-6-10-23-39/h7-8,11-16,21,27,29-31,33,35,41,44H,5-6,9-10,17-20,22-26H2,1-4H3/b12-11+,16-15+,28-13+/t27-,29+,31-,33+,35-,37-/m1/s1. The maximum atomic E-state index is 13.4. The highest BCUT2D eigenvalue weighted by atomic mass is 16.6. The number of pyridine rings is 1. The van der Waals surface area contributed by atoms with Gasteiger partial charge in [-0.25, -0.2) is 4.79 Å². The summed E-state index contributed by atoms with van der Waals surface area (Å²) in [5.74, 6) is -0.683. The third kappa shape index (κ3) is 10.5. The summed E-state index contributed by atoms with van der Waals surface area (Å²) in [6.45, 7) is 11.1. The molecule has 9 nitrogen and oxygen atoms in total. The molecule has 0 radical (unpaired) electrons. The molecule has 1 aromatic rings. The van der Waals surface area contributed by atoms with Crippen molar-refractivity contribution >= 4 is 12.1 Å². The van der Waals surface area contributed by atoms with Crippen molar-refractivity contribution in [3.8, 4) is 0 Å². The molecule has 2 saturated heterocycles. The Morgan fingerprint density at radius 1 is 1.11 bits per heavy atom. The summed E-state index contributed by atoms with van der Waals surface area (Å²) in [5.41, 5.74) is 0.349. The fourth-order valence-corrected chi connectivity index (χ4v) is 6.72. The molecule has 2 fully saturated rings. The number of likely N-dealkylation sites (tertiary alicyclic amines) is 2. The number of nitrogens with zero attached hydrogens (tertiary/aromatic N) is 3. The van der Waals surface area contributed by atoms with E-state index in [0.29, 0.717) is 19.1 Å². The van der Waals surface area contributed by atoms with Crippen LogP contribution in [0.1, 0.15) is 97.1 Å². The fourth-order valence-electron chi connectivity index (χ4n) is 6.72. The Balaban J connectivity index is 1.45. The van der Waals surface area contributed by atoms with Gasteiger partial charge >= 0.3 is 12.1 Å². The summed E-state index contributed by atoms with van der Waals surface area (Å²) in [4.78, 5) is 35.0. The molecule has 46 heavy (non-hydrogen) atoms. The van der Waals surface area contributed by atoms with Gasteiger partial charge in [0, 0.05) is 42.9 Å². The molecule has 0 saturated carbocycles. The molecular weight excluding hydrogens is 582 g/mol. The van der Waals surface area contributed by atoms with E-state index in [1.807, 2.05) is 56.4 Å². The highest BCUT2D eigenvalue weighted by Gasteiger charge is 2.37. The van der Waals surface area contributed by atoms with E-state index < -0.39 is 36.0 Å². The van der Waals surface area contributed by atoms with E-state index in [2.05, 4.69) is 16.8 Å². The number of rotatable bonds is 6. The zero-order chi connectivity index (χ0) is 33.1. The van der Waals surface area contributed by atoms with Crippen LogP contribution in [-0.4, -0.2) is 93.2 Å². The van der Waals surface area contributed by atoms with E-state index in [9.17, 15) is 19.8 Å². The van der Waals surface area contributed by atoms with Crippen LogP contribution in [0.25, 0.3) is 0 Å². The summed E-state index contributed by atoms with van der Waals surface area (Å²) >= 11 is 0. The molecule has 6 atom stereocenters. The van der Waals surface area contributed by atoms with Gasteiger partial charge in [0.2, 0.25) is 0 Å². The number of hydrogen-bond acceptors (Lipinski definition) is 8. The molecule has 3 aliphatic heterocycles. The molecule has 0 bridgehead atoms. The van der Waals surface area contributed by atoms with Crippen LogP contribution in [0, 0.1) is 5.92 Å². The summed E-state index contributed by atoms with van der Waals surface area (Å²) in [6.07, 6.45) is 15.3. The molecular formula is C37H55N3O6. The highest BCUT2D eigenvalue weighted by molar-refractivity contribution is 5.70. The van der Waals surface area contributed by atoms with E-state index in [1.165, 1.54) is 25.7 Å². The lowest BCUT2D eigenvalue weighted by atomic mass is 9.88. The van der Waals surface area contributed by atoms with Gasteiger partial charge < -0.3 is 29.5 Å². The minimum absolute atomic E-state index is 0.106. The normalized spacial score (nSPS) is 31.3. The number of hydrogen-bond donors (Lipinski definition) is 2. The van der Waals surface area contributed by atoms with Crippen LogP contribution < -0.4 is 0 Å². The Morgan fingerprint density at radius 2 is 1.83 bits per heavy atom. The molecule has 0 aliphatic carbocycles. The minimum Gasteiger partial charge on any atom is -0.457 e. The first-order valence-corrected chi connectivity index (χ1v) is 17.3. The van der Waals surface area contributed by atoms with Crippen molar-refractivity contribution in [2.24, 2.45) is 5.92 Å². The second kappa shape index (κ2) is 17.2. The third-order valence-corrected chi connectivity index (χ3v) is 9.79. The number of amides is 1. The minimum atomic E-state index is -1.44. The van der Waals surface area contributed by atoms with Crippen molar-refractivity contribution in [2.75, 3.05) is 26.2 Å². The number of carbonyl (C=O) groups is 2. The van der Waals surface area contributed by atoms with Crippen molar-refractivity contribution in [2.45, 2.75) is 121 Å². The molecule has 2 N–H and O–H groups in total. The zero-order valence-corrected chi connectivity index (χ0v) is 28.2. The molecule has 9 heteroatoms. The van der Waals surface area contributed by atoms with Crippen molar-refractivity contribution in [1.82, 2.24) is 14.8 Å². The average Bonchev–Trinajstić information content (AvgIpc) is 3.34. The van der Waals surface area contributed by atoms with Crippen LogP contribution in [0.4, 0.5) is 4.79 Å². The van der Waals surface area contributed by atoms with Crippen molar-refractivity contribution in [3.05, 3.63) is 66.0 Å². The van der Waals surface area contributed by atoms with Gasteiger partial charge in [-0.1, -0.05) is 57.1 Å². The van der Waals surface area contributed by atoms with Gasteiger partial charge in [-0.05, 0) is 89.2 Å². The number of aromatic nitrogens is 1. The number of aliphatic hydroxyl groups excluding tert-OH is 1. The smallest absolute Gasteiger partial charge is 0.410 e. The van der Waals surface area contributed by atoms with Crippen LogP contribution in [0.3, 0.4) is 0 Å². The summed E-state index contributed by atoms with van der Waals surface area (Å²) in [5, 5.41) is 22.1. The molecule has 0 aromatic carbocycles. The number of piperidine rings is 1. The monoisotopic (exact) mass is 637 g/mol. The number of cyclic esters (lactones) is 1. The molecule has 4 heterocycles. The predicted octanol–water partition coefficient (Wildman–Crippen LogP) is 5.93. The number of ether oxygens (including phenoxy) is 2. The Hall–Kier alpha value is -3.01. The largest absolute Gasteiger partial charge is 0.457 e. The van der Waals surface area contributed by atoms with Gasteiger partial charge in [0.1, 0.15) is 11.7 Å². The first kappa shape index (κ1) is 35.8. The lowest BCUT2D eigenvalue weighted by Gasteiger charge is -2.39. The third-order valence-electron chi connectivity index (χ3n) is 9.79. The van der Waals surface area contributed by atoms with Crippen molar-refractivity contribution in [1.29, 1.82) is 0 Å². The maximum Gasteiger partial charge on any atom is 0.410 e. The highest BCUT2D eigenvalue weighted by Crippen LogP contribution is 2.28. The van der Waals surface area contributed by atoms with Crippen LogP contribution >= 0.6 is 0 Å². The van der Waals surface area contributed by atoms with E-state index in [0.717, 1.165) is 37.2 Å². The van der Waals surface area contributed by atoms with Gasteiger partial charge in [0.25, 0.3) is 0 Å². The Morgan fingerprint density at radius 3 is 2.50 bits per heavy atom. The summed E-state index contributed by atoms with van der Waals surface area (Å²) in [7, 11) is 0. The first-order valence-electron chi connectivity index (χ1n) is 17.3. The molecule has 3 aliphatic rings.